The molecule has 1 fully saturated rings. The van der Waals surface area contributed by atoms with E-state index in [0.717, 1.165) is 23.1 Å². The zero-order chi connectivity index (χ0) is 20.5. The Morgan fingerprint density at radius 2 is 1.82 bits per heavy atom. The number of pyridine rings is 1. The third kappa shape index (κ3) is 4.08. The van der Waals surface area contributed by atoms with Gasteiger partial charge in [0.2, 0.25) is 0 Å². The molecule has 1 aromatic heterocycles. The van der Waals surface area contributed by atoms with Gasteiger partial charge in [0.1, 0.15) is 5.60 Å². The van der Waals surface area contributed by atoms with Crippen LogP contribution in [-0.2, 0) is 4.74 Å². The number of nitrogens with zero attached hydrogens (tertiary/aromatic N) is 3. The van der Waals surface area contributed by atoms with E-state index in [2.05, 4.69) is 9.88 Å². The van der Waals surface area contributed by atoms with E-state index in [0.29, 0.717) is 24.6 Å². The van der Waals surface area contributed by atoms with E-state index in [1.165, 1.54) is 0 Å². The molecule has 28 heavy (non-hydrogen) atoms. The van der Waals surface area contributed by atoms with Gasteiger partial charge in [-0.2, -0.15) is 0 Å². The molecule has 1 atom stereocenters. The molecule has 0 unspecified atom stereocenters. The largest absolute Gasteiger partial charge is 0.493 e. The molecule has 1 aliphatic heterocycles. The highest BCUT2D eigenvalue weighted by Crippen LogP contribution is 2.36. The van der Waals surface area contributed by atoms with Crippen molar-refractivity contribution in [2.45, 2.75) is 39.3 Å². The predicted octanol–water partition coefficient (Wildman–Crippen LogP) is 3.70. The van der Waals surface area contributed by atoms with Gasteiger partial charge in [-0.15, -0.1) is 0 Å². The van der Waals surface area contributed by atoms with Gasteiger partial charge >= 0.3 is 6.09 Å². The van der Waals surface area contributed by atoms with Crippen molar-refractivity contribution in [2.75, 3.05) is 38.8 Å². The van der Waals surface area contributed by atoms with Crippen LogP contribution in [0.15, 0.2) is 24.4 Å². The molecule has 7 heteroatoms. The van der Waals surface area contributed by atoms with Gasteiger partial charge in [-0.1, -0.05) is 0 Å². The Labute approximate surface area is 166 Å². The minimum absolute atomic E-state index is 0.0342. The van der Waals surface area contributed by atoms with Crippen LogP contribution in [0.3, 0.4) is 0 Å². The van der Waals surface area contributed by atoms with Crippen molar-refractivity contribution in [2.24, 2.45) is 0 Å². The molecular weight excluding hydrogens is 358 g/mol. The predicted molar refractivity (Wildman–Crippen MR) is 109 cm³/mol. The number of piperazine rings is 1. The fourth-order valence-electron chi connectivity index (χ4n) is 3.50. The van der Waals surface area contributed by atoms with Crippen LogP contribution >= 0.6 is 0 Å². The fourth-order valence-corrected chi connectivity index (χ4v) is 3.50. The van der Waals surface area contributed by atoms with Crippen molar-refractivity contribution >= 4 is 22.7 Å². The summed E-state index contributed by atoms with van der Waals surface area (Å²) in [5, 5.41) is 0.998. The Morgan fingerprint density at radius 3 is 2.43 bits per heavy atom. The molecule has 152 valence electrons. The zero-order valence-corrected chi connectivity index (χ0v) is 17.5. The van der Waals surface area contributed by atoms with E-state index >= 15 is 0 Å². The van der Waals surface area contributed by atoms with E-state index in [1.54, 1.807) is 25.3 Å². The third-order valence-corrected chi connectivity index (χ3v) is 4.82. The quantitative estimate of drug-likeness (QED) is 0.800. The number of ether oxygens (including phenoxy) is 3. The van der Waals surface area contributed by atoms with E-state index in [4.69, 9.17) is 14.2 Å². The number of rotatable bonds is 3. The Morgan fingerprint density at radius 1 is 1.14 bits per heavy atom. The molecule has 2 heterocycles. The molecule has 0 saturated carbocycles. The number of amides is 1. The summed E-state index contributed by atoms with van der Waals surface area (Å²) in [4.78, 5) is 21.0. The highest BCUT2D eigenvalue weighted by molar-refractivity contribution is 5.94. The lowest BCUT2D eigenvalue weighted by molar-refractivity contribution is 0.0159. The lowest BCUT2D eigenvalue weighted by atomic mass is 10.1. The highest BCUT2D eigenvalue weighted by Gasteiger charge is 2.31. The molecular formula is C21H29N3O4. The van der Waals surface area contributed by atoms with E-state index in [1.807, 2.05) is 45.9 Å². The minimum atomic E-state index is -0.495. The Balaban J connectivity index is 1.85. The average molecular weight is 387 g/mol. The molecule has 0 aliphatic carbocycles. The third-order valence-electron chi connectivity index (χ3n) is 4.82. The Hall–Kier alpha value is -2.70. The monoisotopic (exact) mass is 387 g/mol. The number of methoxy groups -OCH3 is 2. The summed E-state index contributed by atoms with van der Waals surface area (Å²) in [6.07, 6.45) is 1.54. The first-order chi connectivity index (χ1) is 13.2. The van der Waals surface area contributed by atoms with Gasteiger partial charge in [0.05, 0.1) is 19.7 Å². The fraction of sp³-hybridized carbons (Fsp3) is 0.524. The van der Waals surface area contributed by atoms with Gasteiger partial charge < -0.3 is 24.0 Å². The number of hydrogen-bond donors (Lipinski definition) is 0. The SMILES string of the molecule is COc1cc2nccc(N3CCN(C(=O)OC(C)(C)C)[C@@H](C)C3)c2cc1OC. The Bertz CT molecular complexity index is 863. The van der Waals surface area contributed by atoms with E-state index < -0.39 is 5.60 Å². The number of aromatic nitrogens is 1. The summed E-state index contributed by atoms with van der Waals surface area (Å²) < 4.78 is 16.4. The van der Waals surface area contributed by atoms with Crippen LogP contribution in [-0.4, -0.2) is 61.5 Å². The summed E-state index contributed by atoms with van der Waals surface area (Å²) in [5.74, 6) is 1.33. The standard InChI is InChI=1S/C21H29N3O4/c1-14-13-23(9-10-24(14)20(25)28-21(2,3)4)17-7-8-22-16-12-19(27-6)18(26-5)11-15(16)17/h7-8,11-12,14H,9-10,13H2,1-6H3/t14-/m0/s1. The average Bonchev–Trinajstić information content (AvgIpc) is 2.64. The lowest BCUT2D eigenvalue weighted by Crippen LogP contribution is -2.55. The van der Waals surface area contributed by atoms with Crippen LogP contribution < -0.4 is 14.4 Å². The second kappa shape index (κ2) is 7.73. The van der Waals surface area contributed by atoms with Crippen LogP contribution in [0.4, 0.5) is 10.5 Å². The summed E-state index contributed by atoms with van der Waals surface area (Å²) in [6, 6.07) is 5.88. The van der Waals surface area contributed by atoms with Gasteiger partial charge in [0.25, 0.3) is 0 Å². The number of benzene rings is 1. The topological polar surface area (TPSA) is 64.1 Å². The molecule has 0 radical (unpaired) electrons. The maximum Gasteiger partial charge on any atom is 0.410 e. The van der Waals surface area contributed by atoms with Crippen LogP contribution in [0, 0.1) is 0 Å². The molecule has 3 rings (SSSR count). The maximum absolute atomic E-state index is 12.5. The van der Waals surface area contributed by atoms with Gasteiger partial charge in [0, 0.05) is 49.0 Å². The van der Waals surface area contributed by atoms with Crippen LogP contribution in [0.2, 0.25) is 0 Å². The van der Waals surface area contributed by atoms with Crippen molar-refractivity contribution in [3.05, 3.63) is 24.4 Å². The van der Waals surface area contributed by atoms with Crippen molar-refractivity contribution in [3.8, 4) is 11.5 Å². The smallest absolute Gasteiger partial charge is 0.410 e. The van der Waals surface area contributed by atoms with Gasteiger partial charge in [-0.05, 0) is 39.8 Å². The number of anilines is 1. The first kappa shape index (κ1) is 20.0. The number of hydrogen-bond acceptors (Lipinski definition) is 6. The zero-order valence-electron chi connectivity index (χ0n) is 17.5. The molecule has 1 amide bonds. The molecule has 0 N–H and O–H groups in total. The van der Waals surface area contributed by atoms with Crippen LogP contribution in [0.5, 0.6) is 11.5 Å². The molecule has 1 aromatic carbocycles. The second-order valence-electron chi connectivity index (χ2n) is 8.02. The molecule has 0 bridgehead atoms. The summed E-state index contributed by atoms with van der Waals surface area (Å²) in [5.41, 5.74) is 1.42. The number of fused-ring (bicyclic) bond motifs is 1. The molecule has 1 aliphatic rings. The van der Waals surface area contributed by atoms with E-state index in [-0.39, 0.29) is 12.1 Å². The molecule has 0 spiro atoms. The van der Waals surface area contributed by atoms with Gasteiger partial charge in [-0.3, -0.25) is 4.98 Å². The van der Waals surface area contributed by atoms with Crippen LogP contribution in [0.25, 0.3) is 10.9 Å². The highest BCUT2D eigenvalue weighted by atomic mass is 16.6. The van der Waals surface area contributed by atoms with Crippen molar-refractivity contribution < 1.29 is 19.0 Å². The maximum atomic E-state index is 12.5. The normalized spacial score (nSPS) is 17.6. The minimum Gasteiger partial charge on any atom is -0.493 e. The van der Waals surface area contributed by atoms with Gasteiger partial charge in [-0.25, -0.2) is 4.79 Å². The van der Waals surface area contributed by atoms with E-state index in [9.17, 15) is 4.79 Å². The van der Waals surface area contributed by atoms with Crippen molar-refractivity contribution in [1.82, 2.24) is 9.88 Å². The number of carbonyl (C=O) groups excluding carboxylic acids is 1. The summed E-state index contributed by atoms with van der Waals surface area (Å²) >= 11 is 0. The summed E-state index contributed by atoms with van der Waals surface area (Å²) in [7, 11) is 3.24. The van der Waals surface area contributed by atoms with Gasteiger partial charge in [0.15, 0.2) is 11.5 Å². The molecule has 2 aromatic rings. The molecule has 7 nitrogen and oxygen atoms in total. The Kier molecular flexibility index (Phi) is 5.54. The molecule has 1 saturated heterocycles. The number of carbonyl (C=O) groups is 1. The van der Waals surface area contributed by atoms with Crippen LogP contribution in [0.1, 0.15) is 27.7 Å². The van der Waals surface area contributed by atoms with Crippen molar-refractivity contribution in [1.29, 1.82) is 0 Å². The lowest BCUT2D eigenvalue weighted by Gasteiger charge is -2.41. The van der Waals surface area contributed by atoms with Crippen molar-refractivity contribution in [3.63, 3.8) is 0 Å². The first-order valence-electron chi connectivity index (χ1n) is 9.49. The first-order valence-corrected chi connectivity index (χ1v) is 9.49. The summed E-state index contributed by atoms with van der Waals surface area (Å²) in [6.45, 7) is 9.74. The second-order valence-corrected chi connectivity index (χ2v) is 8.02.